The summed E-state index contributed by atoms with van der Waals surface area (Å²) in [4.78, 5) is 4.44. The van der Waals surface area contributed by atoms with E-state index < -0.39 is 12.6 Å². The molecule has 0 spiro atoms. The zero-order valence-corrected chi connectivity index (χ0v) is 31.5. The summed E-state index contributed by atoms with van der Waals surface area (Å²) >= 11 is 0. The van der Waals surface area contributed by atoms with Crippen molar-refractivity contribution in [2.24, 2.45) is 10.7 Å². The summed E-state index contributed by atoms with van der Waals surface area (Å²) in [5, 5.41) is 10.9. The van der Waals surface area contributed by atoms with E-state index in [1.54, 1.807) is 0 Å². The molecule has 1 aliphatic rings. The molecular formula is C51H38N3OP. The molecule has 3 N–H and O–H groups in total. The Hall–Kier alpha value is -6.87. The van der Waals surface area contributed by atoms with Crippen LogP contribution in [-0.4, -0.2) is 11.7 Å². The van der Waals surface area contributed by atoms with Gasteiger partial charge in [-0.15, -0.1) is 0 Å². The zero-order chi connectivity index (χ0) is 38.1. The number of amidine groups is 2. The summed E-state index contributed by atoms with van der Waals surface area (Å²) in [5.41, 5.74) is 16.6. The first-order valence-electron chi connectivity index (χ1n) is 18.7. The zero-order valence-electron chi connectivity index (χ0n) is 30.6. The predicted octanol–water partition coefficient (Wildman–Crippen LogP) is 10.1. The van der Waals surface area contributed by atoms with Crippen molar-refractivity contribution < 1.29 is 4.57 Å². The Morgan fingerprint density at radius 2 is 0.839 bits per heavy atom. The minimum atomic E-state index is -3.07. The van der Waals surface area contributed by atoms with Crippen LogP contribution >= 0.6 is 7.14 Å². The Bertz CT molecular complexity index is 2670. The third-order valence-electron chi connectivity index (χ3n) is 11.0. The van der Waals surface area contributed by atoms with Crippen molar-refractivity contribution in [3.8, 4) is 22.3 Å². The van der Waals surface area contributed by atoms with Gasteiger partial charge in [0.1, 0.15) is 5.84 Å². The highest BCUT2D eigenvalue weighted by molar-refractivity contribution is 7.85. The Labute approximate surface area is 327 Å². The summed E-state index contributed by atoms with van der Waals surface area (Å²) in [6.45, 7) is 0. The van der Waals surface area contributed by atoms with Gasteiger partial charge >= 0.3 is 0 Å². The highest BCUT2D eigenvalue weighted by atomic mass is 31.2. The molecule has 268 valence electrons. The van der Waals surface area contributed by atoms with Crippen LogP contribution in [0.25, 0.3) is 22.3 Å². The predicted molar refractivity (Wildman–Crippen MR) is 233 cm³/mol. The van der Waals surface area contributed by atoms with E-state index in [4.69, 9.17) is 11.1 Å². The molecule has 0 unspecified atom stereocenters. The molecule has 5 heteroatoms. The Morgan fingerprint density at radius 3 is 1.34 bits per heavy atom. The molecule has 0 atom stereocenters. The summed E-state index contributed by atoms with van der Waals surface area (Å²) < 4.78 is 15.0. The maximum absolute atomic E-state index is 15.0. The number of hydrogen-bond acceptors (Lipinski definition) is 2. The average Bonchev–Trinajstić information content (AvgIpc) is 3.58. The first kappa shape index (κ1) is 34.9. The minimum Gasteiger partial charge on any atom is -0.383 e. The van der Waals surface area contributed by atoms with E-state index in [1.807, 2.05) is 115 Å². The van der Waals surface area contributed by atoms with Crippen LogP contribution < -0.4 is 21.6 Å². The monoisotopic (exact) mass is 739 g/mol. The van der Waals surface area contributed by atoms with Crippen molar-refractivity contribution in [3.05, 3.63) is 246 Å². The van der Waals surface area contributed by atoms with E-state index in [0.717, 1.165) is 43.7 Å². The second kappa shape index (κ2) is 14.4. The second-order valence-electron chi connectivity index (χ2n) is 14.0. The van der Waals surface area contributed by atoms with Crippen LogP contribution in [0.4, 0.5) is 0 Å². The van der Waals surface area contributed by atoms with E-state index in [0.29, 0.717) is 11.4 Å². The Morgan fingerprint density at radius 1 is 0.446 bits per heavy atom. The van der Waals surface area contributed by atoms with Gasteiger partial charge < -0.3 is 10.3 Å². The molecule has 0 amide bonds. The number of aliphatic imine (C=N–C) groups is 1. The fraction of sp³-hybridized carbons (Fsp3) is 0.0196. The normalized spacial score (nSPS) is 13.1. The standard InChI is InChI=1S/C51H38N3OP/c52-49(38-14-4-1-5-15-38)54-50(53)39-26-32-41(33-27-39)51(47-22-12-10-20-45(47)46-21-11-13-23-48(46)51)40-30-24-36(25-31-40)37-28-34-44(35-29-37)56(55,42-16-6-2-7-17-42)43-18-8-3-9-19-43/h1-35H,(H3,52,53,54). The number of fused-ring (bicyclic) bond motifs is 3. The van der Waals surface area contributed by atoms with E-state index in [-0.39, 0.29) is 5.84 Å². The summed E-state index contributed by atoms with van der Waals surface area (Å²) in [7, 11) is -3.07. The fourth-order valence-corrected chi connectivity index (χ4v) is 10.9. The molecule has 0 radical (unpaired) electrons. The fourth-order valence-electron chi connectivity index (χ4n) is 8.26. The SMILES string of the molecule is N=C(N=C(N)c1ccc(C2(c3ccc(-c4ccc(P(=O)(c5ccccc5)c5ccccc5)cc4)cc3)c3ccccc3-c3ccccc32)cc1)c1ccccc1. The lowest BCUT2D eigenvalue weighted by molar-refractivity contribution is 0.592. The molecule has 0 bridgehead atoms. The second-order valence-corrected chi connectivity index (χ2v) is 16.8. The maximum Gasteiger partial charge on any atom is 0.171 e. The molecule has 0 aromatic heterocycles. The van der Waals surface area contributed by atoms with Crippen molar-refractivity contribution in [1.29, 1.82) is 5.41 Å². The molecule has 4 nitrogen and oxygen atoms in total. The lowest BCUT2D eigenvalue weighted by atomic mass is 9.67. The van der Waals surface area contributed by atoms with Crippen molar-refractivity contribution in [2.75, 3.05) is 0 Å². The van der Waals surface area contributed by atoms with Crippen LogP contribution in [0.5, 0.6) is 0 Å². The van der Waals surface area contributed by atoms with Crippen LogP contribution in [0.1, 0.15) is 33.4 Å². The minimum absolute atomic E-state index is 0.124. The molecule has 8 aromatic carbocycles. The number of rotatable bonds is 8. The van der Waals surface area contributed by atoms with E-state index in [1.165, 1.54) is 22.3 Å². The van der Waals surface area contributed by atoms with Crippen molar-refractivity contribution >= 4 is 34.7 Å². The lowest BCUT2D eigenvalue weighted by Gasteiger charge is -2.34. The maximum atomic E-state index is 15.0. The molecule has 0 heterocycles. The van der Waals surface area contributed by atoms with E-state index in [9.17, 15) is 4.57 Å². The van der Waals surface area contributed by atoms with Gasteiger partial charge in [0.05, 0.1) is 5.41 Å². The molecule has 0 fully saturated rings. The highest BCUT2D eigenvalue weighted by Gasteiger charge is 2.45. The molecule has 0 saturated carbocycles. The molecule has 0 aliphatic heterocycles. The van der Waals surface area contributed by atoms with Crippen LogP contribution in [0.15, 0.2) is 217 Å². The van der Waals surface area contributed by atoms with Gasteiger partial charge in [-0.25, -0.2) is 4.99 Å². The first-order valence-corrected chi connectivity index (χ1v) is 20.4. The summed E-state index contributed by atoms with van der Waals surface area (Å²) in [5.74, 6) is 0.421. The third-order valence-corrected chi connectivity index (χ3v) is 14.0. The summed E-state index contributed by atoms with van der Waals surface area (Å²) in [6, 6.07) is 71.7. The van der Waals surface area contributed by atoms with Gasteiger partial charge in [0.2, 0.25) is 0 Å². The van der Waals surface area contributed by atoms with Gasteiger partial charge in [-0.3, -0.25) is 5.41 Å². The van der Waals surface area contributed by atoms with E-state index >= 15 is 0 Å². The van der Waals surface area contributed by atoms with Crippen molar-refractivity contribution in [1.82, 2.24) is 0 Å². The number of nitrogens with two attached hydrogens (primary N) is 1. The average molecular weight is 740 g/mol. The van der Waals surface area contributed by atoms with Crippen LogP contribution in [0.2, 0.25) is 0 Å². The topological polar surface area (TPSA) is 79.3 Å². The quantitative estimate of drug-likeness (QED) is 0.0925. The van der Waals surface area contributed by atoms with Gasteiger partial charge in [-0.2, -0.15) is 0 Å². The molecule has 0 saturated heterocycles. The Balaban J connectivity index is 1.11. The molecule has 1 aliphatic carbocycles. The third kappa shape index (κ3) is 5.83. The number of nitrogens with zero attached hydrogens (tertiary/aromatic N) is 1. The van der Waals surface area contributed by atoms with Gasteiger partial charge in [0.15, 0.2) is 13.0 Å². The number of nitrogens with one attached hydrogen (secondary N) is 1. The van der Waals surface area contributed by atoms with Crippen LogP contribution in [0, 0.1) is 5.41 Å². The largest absolute Gasteiger partial charge is 0.383 e. The van der Waals surface area contributed by atoms with Gasteiger partial charge in [-0.1, -0.05) is 212 Å². The highest BCUT2D eigenvalue weighted by Crippen LogP contribution is 2.56. The molecule has 8 aromatic rings. The smallest absolute Gasteiger partial charge is 0.171 e. The van der Waals surface area contributed by atoms with Crippen LogP contribution in [0.3, 0.4) is 0 Å². The van der Waals surface area contributed by atoms with Gasteiger partial charge in [-0.05, 0) is 44.5 Å². The molecule has 9 rings (SSSR count). The van der Waals surface area contributed by atoms with Crippen molar-refractivity contribution in [2.45, 2.75) is 5.41 Å². The van der Waals surface area contributed by atoms with Crippen LogP contribution in [-0.2, 0) is 9.98 Å². The Kier molecular flexibility index (Phi) is 8.97. The molecule has 56 heavy (non-hydrogen) atoms. The number of benzene rings is 8. The first-order chi connectivity index (χ1) is 27.5. The van der Waals surface area contributed by atoms with E-state index in [2.05, 4.69) is 102 Å². The van der Waals surface area contributed by atoms with Gasteiger partial charge in [0, 0.05) is 27.0 Å². The van der Waals surface area contributed by atoms with Gasteiger partial charge in [0.25, 0.3) is 0 Å². The number of hydrogen-bond donors (Lipinski definition) is 2. The lowest BCUT2D eigenvalue weighted by Crippen LogP contribution is -2.28. The van der Waals surface area contributed by atoms with Crippen molar-refractivity contribution in [3.63, 3.8) is 0 Å². The summed E-state index contributed by atoms with van der Waals surface area (Å²) in [6.07, 6.45) is 0. The molecular weight excluding hydrogens is 702 g/mol.